The molecule has 0 saturated carbocycles. The zero-order chi connectivity index (χ0) is 63.0. The molecule has 0 amide bonds. The number of aryl methyl sites for hydroxylation is 12. The average molecular weight is 1230 g/mol. The number of nitrogens with one attached hydrogen (secondary N) is 1. The highest BCUT2D eigenvalue weighted by atomic mass is 32.1. The number of rotatable bonds is 4. The Morgan fingerprint density at radius 3 is 1.33 bits per heavy atom. The van der Waals surface area contributed by atoms with Crippen LogP contribution in [-0.2, 0) is 0 Å². The topological polar surface area (TPSA) is 34.2 Å². The smallest absolute Gasteiger partial charge is 0.268 e. The first-order valence-corrected chi connectivity index (χ1v) is 34.4. The Morgan fingerprint density at radius 1 is 0.323 bits per heavy atom. The van der Waals surface area contributed by atoms with E-state index in [0.29, 0.717) is 0 Å². The molecule has 0 atom stereocenters. The third-order valence-corrected chi connectivity index (χ3v) is 23.5. The second kappa shape index (κ2) is 19.5. The van der Waals surface area contributed by atoms with Gasteiger partial charge in [-0.3, -0.25) is 0 Å². The Labute approximate surface area is 553 Å². The van der Waals surface area contributed by atoms with Crippen molar-refractivity contribution < 1.29 is 4.74 Å². The Bertz CT molecular complexity index is 5500. The molecule has 93 heavy (non-hydrogen) atoms. The summed E-state index contributed by atoms with van der Waals surface area (Å²) < 4.78 is 12.5. The molecule has 0 aliphatic carbocycles. The van der Waals surface area contributed by atoms with Crippen molar-refractivity contribution in [2.45, 2.75) is 83.1 Å². The zero-order valence-corrected chi connectivity index (χ0v) is 56.1. The lowest BCUT2D eigenvalue weighted by molar-refractivity contribution is 0.494. The van der Waals surface area contributed by atoms with Crippen molar-refractivity contribution in [3.05, 3.63) is 243 Å². The van der Waals surface area contributed by atoms with Gasteiger partial charge in [0.1, 0.15) is 11.5 Å². The third kappa shape index (κ3) is 7.60. The molecule has 1 N–H and O–H groups in total. The van der Waals surface area contributed by atoms with Crippen LogP contribution in [0.1, 0.15) is 66.8 Å². The molecule has 0 spiro atoms. The van der Waals surface area contributed by atoms with E-state index in [1.54, 1.807) is 0 Å². The molecular weight excluding hydrogens is 1170 g/mol. The summed E-state index contributed by atoms with van der Waals surface area (Å²) in [6.45, 7) is 27.1. The van der Waals surface area contributed by atoms with Crippen LogP contribution in [0.25, 0.3) is 20.2 Å². The predicted octanol–water partition coefficient (Wildman–Crippen LogP) is 16.7. The second-order valence-corrected chi connectivity index (χ2v) is 29.8. The maximum absolute atomic E-state index is 7.37. The highest BCUT2D eigenvalue weighted by Gasteiger charge is 2.51. The summed E-state index contributed by atoms with van der Waals surface area (Å²) in [6, 6.07) is 68.5. The van der Waals surface area contributed by atoms with Crippen molar-refractivity contribution in [1.82, 2.24) is 0 Å². The summed E-state index contributed by atoms with van der Waals surface area (Å²) in [5.41, 5.74) is 40.9. The van der Waals surface area contributed by atoms with E-state index in [-0.39, 0.29) is 20.1 Å². The van der Waals surface area contributed by atoms with Crippen molar-refractivity contribution in [3.8, 4) is 11.5 Å². The zero-order valence-electron chi connectivity index (χ0n) is 54.5. The van der Waals surface area contributed by atoms with Gasteiger partial charge in [0.25, 0.3) is 20.1 Å². The van der Waals surface area contributed by atoms with E-state index in [1.807, 2.05) is 22.7 Å². The van der Waals surface area contributed by atoms with E-state index >= 15 is 0 Å². The molecule has 13 aromatic rings. The molecule has 6 nitrogen and oxygen atoms in total. The van der Waals surface area contributed by atoms with Crippen LogP contribution < -0.4 is 77.4 Å². The first-order valence-electron chi connectivity index (χ1n) is 32.8. The fraction of sp³-hybridized carbons (Fsp3) is 0.146. The monoisotopic (exact) mass is 1230 g/mol. The molecule has 0 fully saturated rings. The van der Waals surface area contributed by atoms with Crippen LogP contribution in [0.2, 0.25) is 0 Å². The Kier molecular flexibility index (Phi) is 11.5. The maximum atomic E-state index is 7.37. The third-order valence-electron chi connectivity index (χ3n) is 21.0. The minimum Gasteiger partial charge on any atom is -0.457 e. The van der Waals surface area contributed by atoms with Crippen LogP contribution in [0.3, 0.4) is 0 Å². The number of anilines is 14. The van der Waals surface area contributed by atoms with E-state index in [0.717, 1.165) is 22.9 Å². The molecule has 0 unspecified atom stereocenters. The molecule has 11 heteroatoms. The van der Waals surface area contributed by atoms with Gasteiger partial charge in [-0.15, -0.1) is 22.7 Å². The van der Waals surface area contributed by atoms with E-state index in [1.165, 1.54) is 203 Å². The molecular formula is C82H66B3N5OS2. The van der Waals surface area contributed by atoms with Gasteiger partial charge in [0.2, 0.25) is 0 Å². The van der Waals surface area contributed by atoms with Gasteiger partial charge in [0, 0.05) is 86.6 Å². The van der Waals surface area contributed by atoms with Crippen molar-refractivity contribution in [2.75, 3.05) is 24.9 Å². The first kappa shape index (κ1) is 55.0. The predicted molar refractivity (Wildman–Crippen MR) is 403 cm³/mol. The van der Waals surface area contributed by atoms with E-state index in [2.05, 4.69) is 284 Å². The summed E-state index contributed by atoms with van der Waals surface area (Å²) in [6.07, 6.45) is 0. The highest BCUT2D eigenvalue weighted by Crippen LogP contribution is 2.53. The number of thiophene rings is 2. The van der Waals surface area contributed by atoms with Crippen LogP contribution in [0.15, 0.2) is 176 Å². The Balaban J connectivity index is 0.961. The van der Waals surface area contributed by atoms with Gasteiger partial charge in [0.15, 0.2) is 0 Å². The summed E-state index contributed by atoms with van der Waals surface area (Å²) in [5, 5.41) is 6.69. The summed E-state index contributed by atoms with van der Waals surface area (Å²) in [5.74, 6) is 1.92. The SMILES string of the molecule is Cc1cc(C)c(N2c3cc4c(cc3B3c5sc6ccccc6c5Oc5cc(C)cc2c53)B2c3cc5c(cc3N(c3c(C)cc(C)cc3C)c3cc(C)cc(c32)N4c2c(C)cc(C)cc2C)Nc2cc(C)cc3c2B5c2sc4ccccc4c2N3c2ccccc2)c(C)c1. The van der Waals surface area contributed by atoms with E-state index in [4.69, 9.17) is 4.74 Å². The molecule has 446 valence electrons. The number of hydrogen-bond acceptors (Lipinski definition) is 8. The van der Waals surface area contributed by atoms with Crippen molar-refractivity contribution >= 4 is 190 Å². The fourth-order valence-electron chi connectivity index (χ4n) is 18.0. The van der Waals surface area contributed by atoms with Crippen LogP contribution in [0.4, 0.5) is 79.6 Å². The van der Waals surface area contributed by atoms with Crippen molar-refractivity contribution in [1.29, 1.82) is 0 Å². The summed E-state index contributed by atoms with van der Waals surface area (Å²) >= 11 is 3.86. The molecule has 8 heterocycles. The van der Waals surface area contributed by atoms with Crippen LogP contribution in [0, 0.1) is 83.1 Å². The summed E-state index contributed by atoms with van der Waals surface area (Å²) in [4.78, 5) is 10.6. The lowest BCUT2D eigenvalue weighted by Gasteiger charge is -2.48. The molecule has 6 aliphatic heterocycles. The quantitative estimate of drug-likeness (QED) is 0.177. The Morgan fingerprint density at radius 2 is 0.753 bits per heavy atom. The lowest BCUT2D eigenvalue weighted by Crippen LogP contribution is -2.66. The largest absolute Gasteiger partial charge is 0.457 e. The van der Waals surface area contributed by atoms with Gasteiger partial charge in [-0.25, -0.2) is 0 Å². The molecule has 11 aromatic carbocycles. The lowest BCUT2D eigenvalue weighted by atomic mass is 9.30. The number of nitrogens with zero attached hydrogens (tertiary/aromatic N) is 4. The number of fused-ring (bicyclic) bond motifs is 16. The number of para-hydroxylation sites is 1. The van der Waals surface area contributed by atoms with Crippen molar-refractivity contribution in [3.63, 3.8) is 0 Å². The van der Waals surface area contributed by atoms with Gasteiger partial charge < -0.3 is 29.7 Å². The molecule has 19 rings (SSSR count). The maximum Gasteiger partial charge on any atom is 0.268 e. The average Bonchev–Trinajstić information content (AvgIpc) is 1.41. The highest BCUT2D eigenvalue weighted by molar-refractivity contribution is 7.34. The fourth-order valence-corrected chi connectivity index (χ4v) is 20.6. The Hall–Kier alpha value is -9.67. The minimum absolute atomic E-state index is 0.0535. The van der Waals surface area contributed by atoms with E-state index < -0.39 is 0 Å². The van der Waals surface area contributed by atoms with Crippen LogP contribution in [-0.4, -0.2) is 20.1 Å². The normalized spacial score (nSPS) is 14.0. The van der Waals surface area contributed by atoms with Gasteiger partial charge in [0.05, 0.1) is 22.7 Å². The van der Waals surface area contributed by atoms with Crippen LogP contribution in [0.5, 0.6) is 11.5 Å². The number of ether oxygens (including phenoxy) is 1. The molecule has 2 aromatic heterocycles. The standard InChI is InChI=1S/C82H66B3N5OS2/c1-42-26-48(7)76(49(8)27-42)88-63-40-61-57(84-73-62(86-61)32-45(4)33-66(73)87(54-20-14-13-15-21-54)79-55-22-16-18-24-71(55)92-81(79)84)38-58(63)83-59-39-60-65(41-64(59)89(68-35-46(5)34-67(88)74(68)83)77-50(9)28-43(2)29-51(77)10)90(78-52(11)30-44(3)31-53(78)12)69-36-47(6)37-70-75(69)85(60)82-80(91-70)56-23-17-19-25-72(56)93-82/h13-41,86H,1-12H3. The summed E-state index contributed by atoms with van der Waals surface area (Å²) in [7, 11) is 0. The van der Waals surface area contributed by atoms with Gasteiger partial charge in [-0.1, -0.05) is 114 Å². The molecule has 6 aliphatic rings. The minimum atomic E-state index is -0.192. The first-order chi connectivity index (χ1) is 45.0. The van der Waals surface area contributed by atoms with Gasteiger partial charge in [-0.05, 0) is 250 Å². The number of benzene rings is 11. The molecule has 0 radical (unpaired) electrons. The number of hydrogen-bond donors (Lipinski definition) is 1. The van der Waals surface area contributed by atoms with Gasteiger partial charge >= 0.3 is 0 Å². The van der Waals surface area contributed by atoms with Crippen molar-refractivity contribution in [2.24, 2.45) is 0 Å². The van der Waals surface area contributed by atoms with E-state index in [9.17, 15) is 0 Å². The molecule has 0 bridgehead atoms. The molecule has 0 saturated heterocycles. The van der Waals surface area contributed by atoms with Gasteiger partial charge in [-0.2, -0.15) is 0 Å². The second-order valence-electron chi connectivity index (χ2n) is 27.7. The van der Waals surface area contributed by atoms with Crippen LogP contribution >= 0.6 is 22.7 Å².